The number of hydrogen-bond acceptors (Lipinski definition) is 4. The van der Waals surface area contributed by atoms with E-state index in [1.165, 1.54) is 17.3 Å². The zero-order valence-electron chi connectivity index (χ0n) is 13.4. The van der Waals surface area contributed by atoms with Gasteiger partial charge in [0.25, 0.3) is 0 Å². The molecule has 0 spiro atoms. The Kier molecular flexibility index (Phi) is 4.79. The van der Waals surface area contributed by atoms with Crippen molar-refractivity contribution in [3.8, 4) is 5.69 Å². The molecule has 0 unspecified atom stereocenters. The van der Waals surface area contributed by atoms with Crippen LogP contribution in [0.15, 0.2) is 53.9 Å². The van der Waals surface area contributed by atoms with Gasteiger partial charge in [-0.1, -0.05) is 12.1 Å². The van der Waals surface area contributed by atoms with Gasteiger partial charge in [-0.15, -0.1) is 0 Å². The summed E-state index contributed by atoms with van der Waals surface area (Å²) in [4.78, 5) is 2.87. The van der Waals surface area contributed by atoms with Gasteiger partial charge in [0.05, 0.1) is 5.69 Å². The molecular weight excluding hydrogens is 369 g/mol. The SMILES string of the molecule is C[C@@H](NS(=O)(=O)c1ccc(F)c(F)c1F)c1ccc(-n2cncn2)cc1. The van der Waals surface area contributed by atoms with Crippen LogP contribution in [0.5, 0.6) is 0 Å². The van der Waals surface area contributed by atoms with Crippen molar-refractivity contribution in [3.63, 3.8) is 0 Å². The average molecular weight is 382 g/mol. The van der Waals surface area contributed by atoms with Crippen LogP contribution in [0.25, 0.3) is 5.69 Å². The van der Waals surface area contributed by atoms with Crippen molar-refractivity contribution >= 4 is 10.0 Å². The lowest BCUT2D eigenvalue weighted by molar-refractivity contribution is 0.431. The van der Waals surface area contributed by atoms with Crippen molar-refractivity contribution in [2.45, 2.75) is 17.9 Å². The van der Waals surface area contributed by atoms with E-state index >= 15 is 0 Å². The smallest absolute Gasteiger partial charge is 0.223 e. The highest BCUT2D eigenvalue weighted by molar-refractivity contribution is 7.89. The Morgan fingerprint density at radius 2 is 1.73 bits per heavy atom. The molecule has 0 bridgehead atoms. The Hall–Kier alpha value is -2.72. The average Bonchev–Trinajstić information content (AvgIpc) is 3.14. The number of benzene rings is 2. The predicted octanol–water partition coefficient (Wildman–Crippen LogP) is 2.72. The van der Waals surface area contributed by atoms with E-state index in [9.17, 15) is 21.6 Å². The Morgan fingerprint density at radius 1 is 1.04 bits per heavy atom. The van der Waals surface area contributed by atoms with Gasteiger partial charge in [-0.3, -0.25) is 0 Å². The fourth-order valence-electron chi connectivity index (χ4n) is 2.34. The van der Waals surface area contributed by atoms with Crippen molar-refractivity contribution in [2.24, 2.45) is 0 Å². The molecule has 136 valence electrons. The second-order valence-corrected chi connectivity index (χ2v) is 7.13. The molecule has 3 rings (SSSR count). The van der Waals surface area contributed by atoms with Crippen molar-refractivity contribution in [3.05, 3.63) is 72.1 Å². The molecule has 0 aliphatic heterocycles. The summed E-state index contributed by atoms with van der Waals surface area (Å²) in [6.45, 7) is 1.54. The molecule has 1 N–H and O–H groups in total. The van der Waals surface area contributed by atoms with E-state index in [-0.39, 0.29) is 0 Å². The largest absolute Gasteiger partial charge is 0.244 e. The summed E-state index contributed by atoms with van der Waals surface area (Å²) in [6.07, 6.45) is 2.88. The maximum Gasteiger partial charge on any atom is 0.244 e. The monoisotopic (exact) mass is 382 g/mol. The molecule has 0 aliphatic rings. The highest BCUT2D eigenvalue weighted by atomic mass is 32.2. The van der Waals surface area contributed by atoms with E-state index in [0.717, 1.165) is 0 Å². The summed E-state index contributed by atoms with van der Waals surface area (Å²) in [7, 11) is -4.39. The second-order valence-electron chi connectivity index (χ2n) is 5.45. The van der Waals surface area contributed by atoms with Crippen molar-refractivity contribution in [1.29, 1.82) is 0 Å². The molecular formula is C16H13F3N4O2S. The topological polar surface area (TPSA) is 76.9 Å². The number of aromatic nitrogens is 3. The van der Waals surface area contributed by atoms with Gasteiger partial charge in [0.1, 0.15) is 17.6 Å². The quantitative estimate of drug-likeness (QED) is 0.689. The van der Waals surface area contributed by atoms with Crippen LogP contribution in [-0.4, -0.2) is 23.2 Å². The highest BCUT2D eigenvalue weighted by Crippen LogP contribution is 2.22. The van der Waals surface area contributed by atoms with Crippen LogP contribution >= 0.6 is 0 Å². The molecule has 6 nitrogen and oxygen atoms in total. The summed E-state index contributed by atoms with van der Waals surface area (Å²) in [5.74, 6) is -5.05. The van der Waals surface area contributed by atoms with Crippen molar-refractivity contribution in [1.82, 2.24) is 19.5 Å². The summed E-state index contributed by atoms with van der Waals surface area (Å²) in [6, 6.07) is 7.22. The number of rotatable bonds is 5. The Balaban J connectivity index is 1.83. The zero-order valence-corrected chi connectivity index (χ0v) is 14.2. The van der Waals surface area contributed by atoms with E-state index in [0.29, 0.717) is 23.4 Å². The summed E-state index contributed by atoms with van der Waals surface area (Å²) in [5, 5.41) is 3.97. The van der Waals surface area contributed by atoms with Gasteiger partial charge < -0.3 is 0 Å². The van der Waals surface area contributed by atoms with Gasteiger partial charge in [-0.2, -0.15) is 5.10 Å². The van der Waals surface area contributed by atoms with Crippen LogP contribution in [0.4, 0.5) is 13.2 Å². The number of sulfonamides is 1. The normalized spacial score (nSPS) is 12.9. The van der Waals surface area contributed by atoms with Crippen LogP contribution in [-0.2, 0) is 10.0 Å². The van der Waals surface area contributed by atoms with Gasteiger partial charge in [0.15, 0.2) is 17.5 Å². The fourth-order valence-corrected chi connectivity index (χ4v) is 3.64. The van der Waals surface area contributed by atoms with E-state index in [2.05, 4.69) is 14.8 Å². The third kappa shape index (κ3) is 3.46. The number of halogens is 3. The first-order valence-corrected chi connectivity index (χ1v) is 8.88. The minimum Gasteiger partial charge on any atom is -0.223 e. The maximum atomic E-state index is 13.8. The van der Waals surface area contributed by atoms with E-state index in [1.807, 2.05) is 0 Å². The minimum atomic E-state index is -4.39. The zero-order chi connectivity index (χ0) is 18.9. The molecule has 2 aromatic carbocycles. The lowest BCUT2D eigenvalue weighted by Gasteiger charge is -2.15. The standard InChI is InChI=1S/C16H13F3N4O2S/c1-10(11-2-4-12(5-3-11)23-9-20-8-21-23)22-26(24,25)14-7-6-13(17)15(18)16(14)19/h2-10,22H,1H3/t10-/m1/s1. The minimum absolute atomic E-state index is 0.560. The molecule has 0 saturated carbocycles. The molecule has 1 aromatic heterocycles. The number of nitrogens with one attached hydrogen (secondary N) is 1. The van der Waals surface area contributed by atoms with Crippen LogP contribution in [0.3, 0.4) is 0 Å². The third-order valence-corrected chi connectivity index (χ3v) is 5.26. The van der Waals surface area contributed by atoms with Crippen LogP contribution in [0, 0.1) is 17.5 Å². The molecule has 26 heavy (non-hydrogen) atoms. The van der Waals surface area contributed by atoms with Crippen molar-refractivity contribution in [2.75, 3.05) is 0 Å². The first-order valence-electron chi connectivity index (χ1n) is 7.40. The first-order chi connectivity index (χ1) is 12.3. The lowest BCUT2D eigenvalue weighted by atomic mass is 10.1. The van der Waals surface area contributed by atoms with Gasteiger partial charge in [-0.25, -0.2) is 36.0 Å². The van der Waals surface area contributed by atoms with Crippen LogP contribution in [0.2, 0.25) is 0 Å². The van der Waals surface area contributed by atoms with Gasteiger partial charge >= 0.3 is 0 Å². The van der Waals surface area contributed by atoms with Gasteiger partial charge in [-0.05, 0) is 36.8 Å². The summed E-state index contributed by atoms with van der Waals surface area (Å²) >= 11 is 0. The fraction of sp³-hybridized carbons (Fsp3) is 0.125. The lowest BCUT2D eigenvalue weighted by Crippen LogP contribution is -2.28. The molecule has 0 radical (unpaired) electrons. The first kappa shape index (κ1) is 18.1. The van der Waals surface area contributed by atoms with E-state index in [4.69, 9.17) is 0 Å². The Bertz CT molecular complexity index is 1020. The molecule has 0 saturated heterocycles. The number of nitrogens with zero attached hydrogens (tertiary/aromatic N) is 3. The van der Waals surface area contributed by atoms with E-state index < -0.39 is 38.4 Å². The van der Waals surface area contributed by atoms with Crippen LogP contribution < -0.4 is 4.72 Å². The molecule has 0 amide bonds. The van der Waals surface area contributed by atoms with Crippen molar-refractivity contribution < 1.29 is 21.6 Å². The molecule has 1 heterocycles. The molecule has 1 atom stereocenters. The van der Waals surface area contributed by atoms with E-state index in [1.54, 1.807) is 31.2 Å². The Morgan fingerprint density at radius 3 is 2.35 bits per heavy atom. The van der Waals surface area contributed by atoms with Gasteiger partial charge in [0, 0.05) is 6.04 Å². The highest BCUT2D eigenvalue weighted by Gasteiger charge is 2.25. The maximum absolute atomic E-state index is 13.8. The predicted molar refractivity (Wildman–Crippen MR) is 86.4 cm³/mol. The molecule has 0 fully saturated rings. The van der Waals surface area contributed by atoms with Crippen LogP contribution in [0.1, 0.15) is 18.5 Å². The Labute approximate surface area is 147 Å². The molecule has 0 aliphatic carbocycles. The summed E-state index contributed by atoms with van der Waals surface area (Å²) in [5.41, 5.74) is 1.30. The number of hydrogen-bond donors (Lipinski definition) is 1. The third-order valence-electron chi connectivity index (χ3n) is 3.70. The molecule has 10 heteroatoms. The molecule has 3 aromatic rings. The van der Waals surface area contributed by atoms with Gasteiger partial charge in [0.2, 0.25) is 10.0 Å². The second kappa shape index (κ2) is 6.89. The summed E-state index contributed by atoms with van der Waals surface area (Å²) < 4.78 is 68.4.